The number of nitrogens with zero attached hydrogens (tertiary/aromatic N) is 4. The highest BCUT2D eigenvalue weighted by atomic mass is 16.5. The predicted octanol–water partition coefficient (Wildman–Crippen LogP) is 1.65. The van der Waals surface area contributed by atoms with Crippen LogP contribution in [0.3, 0.4) is 0 Å². The van der Waals surface area contributed by atoms with Gasteiger partial charge in [0, 0.05) is 45.8 Å². The number of carbonyl (C=O) groups excluding carboxylic acids is 2. The zero-order valence-electron chi connectivity index (χ0n) is 22.4. The number of rotatable bonds is 7. The minimum atomic E-state index is -0.0452. The zero-order chi connectivity index (χ0) is 26.5. The first kappa shape index (κ1) is 26.5. The Morgan fingerprint density at radius 3 is 2.13 bits per heavy atom. The zero-order valence-corrected chi connectivity index (χ0v) is 22.4. The number of benzene rings is 2. The summed E-state index contributed by atoms with van der Waals surface area (Å²) in [4.78, 5) is 34.4. The molecule has 2 amide bonds. The van der Waals surface area contributed by atoms with Gasteiger partial charge < -0.3 is 24.0 Å². The molecule has 0 saturated carbocycles. The number of piperazine rings is 1. The maximum atomic E-state index is 13.5. The quantitative estimate of drug-likeness (QED) is 0.548. The van der Waals surface area contributed by atoms with Gasteiger partial charge in [0.2, 0.25) is 11.8 Å². The van der Waals surface area contributed by atoms with Crippen LogP contribution in [0.1, 0.15) is 22.7 Å². The van der Waals surface area contributed by atoms with E-state index in [0.717, 1.165) is 29.8 Å². The number of fused-ring (bicyclic) bond motifs is 1. The minimum Gasteiger partial charge on any atom is -0.493 e. The van der Waals surface area contributed by atoms with Crippen LogP contribution in [0.4, 0.5) is 0 Å². The summed E-state index contributed by atoms with van der Waals surface area (Å²) in [6.07, 6.45) is 0.837. The van der Waals surface area contributed by atoms with E-state index in [2.05, 4.69) is 34.1 Å². The lowest BCUT2D eigenvalue weighted by Gasteiger charge is -2.40. The first-order valence-electron chi connectivity index (χ1n) is 13.5. The van der Waals surface area contributed by atoms with Crippen molar-refractivity contribution in [3.63, 3.8) is 0 Å². The van der Waals surface area contributed by atoms with Gasteiger partial charge in [-0.05, 0) is 35.2 Å². The summed E-state index contributed by atoms with van der Waals surface area (Å²) in [7, 11) is 3.31. The molecule has 0 aromatic heterocycles. The van der Waals surface area contributed by atoms with Gasteiger partial charge in [0.15, 0.2) is 11.5 Å². The van der Waals surface area contributed by atoms with E-state index in [1.54, 1.807) is 14.2 Å². The fourth-order valence-electron chi connectivity index (χ4n) is 5.73. The average molecular weight is 523 g/mol. The van der Waals surface area contributed by atoms with Crippen LogP contribution >= 0.6 is 0 Å². The summed E-state index contributed by atoms with van der Waals surface area (Å²) in [6, 6.07) is 14.4. The van der Waals surface area contributed by atoms with E-state index in [4.69, 9.17) is 14.2 Å². The summed E-state index contributed by atoms with van der Waals surface area (Å²) < 4.78 is 16.5. The van der Waals surface area contributed by atoms with E-state index in [-0.39, 0.29) is 17.9 Å². The Kier molecular flexibility index (Phi) is 8.46. The Bertz CT molecular complexity index is 1110. The lowest BCUT2D eigenvalue weighted by molar-refractivity contribution is -0.138. The van der Waals surface area contributed by atoms with E-state index in [0.29, 0.717) is 71.3 Å². The van der Waals surface area contributed by atoms with Crippen molar-refractivity contribution in [1.29, 1.82) is 0 Å². The smallest absolute Gasteiger partial charge is 0.236 e. The molecule has 0 radical (unpaired) electrons. The van der Waals surface area contributed by atoms with Crippen molar-refractivity contribution in [2.75, 3.05) is 86.3 Å². The summed E-state index contributed by atoms with van der Waals surface area (Å²) in [5, 5.41) is 0. The monoisotopic (exact) mass is 522 g/mol. The summed E-state index contributed by atoms with van der Waals surface area (Å²) >= 11 is 0. The Hall–Kier alpha value is -3.14. The molecule has 2 saturated heterocycles. The van der Waals surface area contributed by atoms with Gasteiger partial charge in [-0.15, -0.1) is 0 Å². The molecule has 3 heterocycles. The average Bonchev–Trinajstić information content (AvgIpc) is 2.97. The summed E-state index contributed by atoms with van der Waals surface area (Å²) in [6.45, 7) is 6.79. The second-order valence-corrected chi connectivity index (χ2v) is 10.1. The molecule has 1 unspecified atom stereocenters. The number of hydrogen-bond donors (Lipinski definition) is 0. The SMILES string of the molecule is COc1cc2c(cc1OC)C(c1ccccc1)N(CC(=O)N1CCN(CC(=O)N3CCOCC3)CC1)CC2. The van der Waals surface area contributed by atoms with Gasteiger partial charge in [0.1, 0.15) is 0 Å². The highest BCUT2D eigenvalue weighted by Crippen LogP contribution is 2.40. The number of hydrogen-bond acceptors (Lipinski definition) is 7. The fraction of sp³-hybridized carbons (Fsp3) is 0.517. The maximum absolute atomic E-state index is 13.5. The van der Waals surface area contributed by atoms with Crippen LogP contribution in [-0.4, -0.2) is 118 Å². The van der Waals surface area contributed by atoms with Gasteiger partial charge >= 0.3 is 0 Å². The number of methoxy groups -OCH3 is 2. The van der Waals surface area contributed by atoms with E-state index in [1.807, 2.05) is 28.0 Å². The standard InChI is InChI=1S/C29H38N4O5/c1-36-25-18-23-8-9-33(29(22-6-4-3-5-7-22)24(23)19-26(25)37-2)21-28(35)31-12-10-30(11-13-31)20-27(34)32-14-16-38-17-15-32/h3-7,18-19,29H,8-17,20-21H2,1-2H3. The van der Waals surface area contributed by atoms with Crippen molar-refractivity contribution in [3.05, 3.63) is 59.2 Å². The second kappa shape index (κ2) is 12.1. The van der Waals surface area contributed by atoms with Crippen LogP contribution in [0.2, 0.25) is 0 Å². The molecule has 0 aliphatic carbocycles. The number of amides is 2. The van der Waals surface area contributed by atoms with Crippen molar-refractivity contribution < 1.29 is 23.8 Å². The molecular formula is C29H38N4O5. The van der Waals surface area contributed by atoms with E-state index in [1.165, 1.54) is 5.56 Å². The van der Waals surface area contributed by atoms with Gasteiger partial charge in [-0.2, -0.15) is 0 Å². The van der Waals surface area contributed by atoms with Crippen LogP contribution in [-0.2, 0) is 20.7 Å². The first-order valence-corrected chi connectivity index (χ1v) is 13.5. The number of morpholine rings is 1. The fourth-order valence-corrected chi connectivity index (χ4v) is 5.73. The van der Waals surface area contributed by atoms with Crippen LogP contribution < -0.4 is 9.47 Å². The second-order valence-electron chi connectivity index (χ2n) is 10.1. The Morgan fingerprint density at radius 1 is 0.816 bits per heavy atom. The molecule has 3 aliphatic rings. The highest BCUT2D eigenvalue weighted by Gasteiger charge is 2.33. The summed E-state index contributed by atoms with van der Waals surface area (Å²) in [5.74, 6) is 1.71. The lowest BCUT2D eigenvalue weighted by Crippen LogP contribution is -2.54. The molecule has 2 aromatic rings. The van der Waals surface area contributed by atoms with Gasteiger partial charge in [-0.3, -0.25) is 19.4 Å². The molecule has 9 nitrogen and oxygen atoms in total. The number of carbonyl (C=O) groups is 2. The van der Waals surface area contributed by atoms with Crippen LogP contribution in [0, 0.1) is 0 Å². The van der Waals surface area contributed by atoms with E-state index < -0.39 is 0 Å². The molecule has 0 N–H and O–H groups in total. The van der Waals surface area contributed by atoms with Crippen LogP contribution in [0.5, 0.6) is 11.5 Å². The topological polar surface area (TPSA) is 74.8 Å². The molecular weight excluding hydrogens is 484 g/mol. The molecule has 2 fully saturated rings. The molecule has 1 atom stereocenters. The minimum absolute atomic E-state index is 0.0452. The van der Waals surface area contributed by atoms with Gasteiger partial charge in [-0.1, -0.05) is 30.3 Å². The van der Waals surface area contributed by atoms with Crippen LogP contribution in [0.15, 0.2) is 42.5 Å². The Labute approximate surface area is 224 Å². The molecule has 0 bridgehead atoms. The molecule has 5 rings (SSSR count). The molecule has 204 valence electrons. The molecule has 3 aliphatic heterocycles. The lowest BCUT2D eigenvalue weighted by atomic mass is 9.87. The highest BCUT2D eigenvalue weighted by molar-refractivity contribution is 5.79. The summed E-state index contributed by atoms with van der Waals surface area (Å²) in [5.41, 5.74) is 3.53. The Balaban J connectivity index is 1.25. The first-order chi connectivity index (χ1) is 18.6. The van der Waals surface area contributed by atoms with Crippen molar-refractivity contribution in [2.45, 2.75) is 12.5 Å². The van der Waals surface area contributed by atoms with Gasteiger partial charge in [0.25, 0.3) is 0 Å². The van der Waals surface area contributed by atoms with E-state index >= 15 is 0 Å². The van der Waals surface area contributed by atoms with Gasteiger partial charge in [0.05, 0.1) is 46.6 Å². The van der Waals surface area contributed by atoms with Crippen molar-refractivity contribution in [2.24, 2.45) is 0 Å². The Morgan fingerprint density at radius 2 is 1.45 bits per heavy atom. The van der Waals surface area contributed by atoms with E-state index in [9.17, 15) is 9.59 Å². The third kappa shape index (κ3) is 5.80. The van der Waals surface area contributed by atoms with Gasteiger partial charge in [-0.25, -0.2) is 0 Å². The predicted molar refractivity (Wildman–Crippen MR) is 144 cm³/mol. The third-order valence-corrected chi connectivity index (χ3v) is 7.87. The molecule has 9 heteroatoms. The van der Waals surface area contributed by atoms with Crippen molar-refractivity contribution >= 4 is 11.8 Å². The number of ether oxygens (including phenoxy) is 3. The largest absolute Gasteiger partial charge is 0.493 e. The molecule has 0 spiro atoms. The normalized spacial score (nSPS) is 20.6. The molecule has 38 heavy (non-hydrogen) atoms. The maximum Gasteiger partial charge on any atom is 0.236 e. The van der Waals surface area contributed by atoms with Crippen molar-refractivity contribution in [3.8, 4) is 11.5 Å². The molecule has 2 aromatic carbocycles. The van der Waals surface area contributed by atoms with Crippen molar-refractivity contribution in [1.82, 2.24) is 19.6 Å². The van der Waals surface area contributed by atoms with Crippen LogP contribution in [0.25, 0.3) is 0 Å². The third-order valence-electron chi connectivity index (χ3n) is 7.87.